The number of halogens is 1. The minimum Gasteiger partial charge on any atom is -0.493 e. The minimum atomic E-state index is -0.115. The maximum atomic E-state index is 12.1. The number of methoxy groups -OCH3 is 3. The first kappa shape index (κ1) is 16.9. The molecular formula is C18H17ClO4. The number of hydrogen-bond donors (Lipinski definition) is 0. The standard InChI is InChI=1S/C18H17ClO4/c1-21-16-10-12(11-17(22-2)18(16)23-3)4-9-15(20)13-5-7-14(19)8-6-13/h4-11H,1-3H3/b9-4-. The van der Waals surface area contributed by atoms with Crippen molar-refractivity contribution in [3.8, 4) is 17.2 Å². The highest BCUT2D eigenvalue weighted by Gasteiger charge is 2.12. The average Bonchev–Trinajstić information content (AvgIpc) is 2.59. The maximum absolute atomic E-state index is 12.1. The molecule has 0 saturated carbocycles. The zero-order chi connectivity index (χ0) is 16.8. The molecule has 0 amide bonds. The lowest BCUT2D eigenvalue weighted by Crippen LogP contribution is -1.96. The van der Waals surface area contributed by atoms with Crippen molar-refractivity contribution in [2.45, 2.75) is 0 Å². The first-order valence-corrected chi connectivity index (χ1v) is 7.24. The normalized spacial score (nSPS) is 10.6. The second-order valence-electron chi connectivity index (χ2n) is 4.66. The van der Waals surface area contributed by atoms with E-state index in [4.69, 9.17) is 25.8 Å². The number of allylic oxidation sites excluding steroid dienone is 1. The summed E-state index contributed by atoms with van der Waals surface area (Å²) in [7, 11) is 4.63. The summed E-state index contributed by atoms with van der Waals surface area (Å²) in [5.41, 5.74) is 1.33. The molecule has 0 fully saturated rings. The largest absolute Gasteiger partial charge is 0.493 e. The molecule has 120 valence electrons. The molecular weight excluding hydrogens is 316 g/mol. The van der Waals surface area contributed by atoms with Crippen molar-refractivity contribution < 1.29 is 19.0 Å². The Morgan fingerprint density at radius 1 is 0.957 bits per heavy atom. The van der Waals surface area contributed by atoms with E-state index in [2.05, 4.69) is 0 Å². The van der Waals surface area contributed by atoms with E-state index >= 15 is 0 Å². The number of ether oxygens (including phenoxy) is 3. The van der Waals surface area contributed by atoms with Crippen molar-refractivity contribution in [2.24, 2.45) is 0 Å². The molecule has 0 heterocycles. The molecule has 2 aromatic rings. The fourth-order valence-electron chi connectivity index (χ4n) is 2.08. The Balaban J connectivity index is 2.28. The van der Waals surface area contributed by atoms with Crippen LogP contribution in [0.4, 0.5) is 0 Å². The van der Waals surface area contributed by atoms with Gasteiger partial charge in [-0.3, -0.25) is 4.79 Å². The van der Waals surface area contributed by atoms with Crippen LogP contribution in [0.1, 0.15) is 15.9 Å². The van der Waals surface area contributed by atoms with Crippen LogP contribution in [0.25, 0.3) is 6.08 Å². The lowest BCUT2D eigenvalue weighted by molar-refractivity contribution is 0.104. The molecule has 0 aliphatic heterocycles. The van der Waals surface area contributed by atoms with Crippen molar-refractivity contribution in [1.82, 2.24) is 0 Å². The summed E-state index contributed by atoms with van der Waals surface area (Å²) in [5.74, 6) is 1.46. The number of rotatable bonds is 6. The lowest BCUT2D eigenvalue weighted by Gasteiger charge is -2.12. The van der Waals surface area contributed by atoms with Gasteiger partial charge < -0.3 is 14.2 Å². The summed E-state index contributed by atoms with van der Waals surface area (Å²) in [4.78, 5) is 12.1. The molecule has 2 rings (SSSR count). The van der Waals surface area contributed by atoms with Crippen LogP contribution in [0.15, 0.2) is 42.5 Å². The molecule has 0 bridgehead atoms. The van der Waals surface area contributed by atoms with Gasteiger partial charge >= 0.3 is 0 Å². The Labute approximate surface area is 140 Å². The van der Waals surface area contributed by atoms with Gasteiger partial charge in [0.1, 0.15) is 0 Å². The highest BCUT2D eigenvalue weighted by atomic mass is 35.5. The number of hydrogen-bond acceptors (Lipinski definition) is 4. The second-order valence-corrected chi connectivity index (χ2v) is 5.10. The van der Waals surface area contributed by atoms with Crippen molar-refractivity contribution >= 4 is 23.5 Å². The van der Waals surface area contributed by atoms with Crippen LogP contribution in [-0.4, -0.2) is 27.1 Å². The Morgan fingerprint density at radius 3 is 2.00 bits per heavy atom. The van der Waals surface area contributed by atoms with Gasteiger partial charge in [-0.2, -0.15) is 0 Å². The third kappa shape index (κ3) is 4.05. The highest BCUT2D eigenvalue weighted by Crippen LogP contribution is 2.38. The van der Waals surface area contributed by atoms with Gasteiger partial charge in [-0.25, -0.2) is 0 Å². The summed E-state index contributed by atoms with van der Waals surface area (Å²) >= 11 is 5.82. The van der Waals surface area contributed by atoms with E-state index in [1.54, 1.807) is 63.8 Å². The van der Waals surface area contributed by atoms with Gasteiger partial charge in [-0.15, -0.1) is 0 Å². The molecule has 0 spiro atoms. The molecule has 0 aromatic heterocycles. The van der Waals surface area contributed by atoms with Crippen LogP contribution in [0.5, 0.6) is 17.2 Å². The van der Waals surface area contributed by atoms with Gasteiger partial charge in [0, 0.05) is 10.6 Å². The van der Waals surface area contributed by atoms with Crippen LogP contribution in [0, 0.1) is 0 Å². The molecule has 23 heavy (non-hydrogen) atoms. The van der Waals surface area contributed by atoms with E-state index in [0.717, 1.165) is 5.56 Å². The molecule has 0 aliphatic carbocycles. The van der Waals surface area contributed by atoms with Crippen molar-refractivity contribution in [3.05, 3.63) is 58.6 Å². The van der Waals surface area contributed by atoms with Gasteiger partial charge in [0.05, 0.1) is 21.3 Å². The average molecular weight is 333 g/mol. The zero-order valence-corrected chi connectivity index (χ0v) is 13.9. The van der Waals surface area contributed by atoms with Gasteiger partial charge in [-0.05, 0) is 48.0 Å². The van der Waals surface area contributed by atoms with E-state index in [0.29, 0.717) is 27.8 Å². The minimum absolute atomic E-state index is 0.115. The van der Waals surface area contributed by atoms with Gasteiger partial charge in [0.25, 0.3) is 0 Å². The Morgan fingerprint density at radius 2 is 1.52 bits per heavy atom. The summed E-state index contributed by atoms with van der Waals surface area (Å²) in [6.07, 6.45) is 3.19. The van der Waals surface area contributed by atoms with Gasteiger partial charge in [0.15, 0.2) is 17.3 Å². The smallest absolute Gasteiger partial charge is 0.203 e. The number of carbonyl (C=O) groups excluding carboxylic acids is 1. The fraction of sp³-hybridized carbons (Fsp3) is 0.167. The molecule has 0 aliphatic rings. The number of benzene rings is 2. The summed E-state index contributed by atoms with van der Waals surface area (Å²) in [5, 5.41) is 0.593. The van der Waals surface area contributed by atoms with Gasteiger partial charge in [0.2, 0.25) is 5.75 Å². The van der Waals surface area contributed by atoms with Crippen molar-refractivity contribution in [2.75, 3.05) is 21.3 Å². The molecule has 0 atom stereocenters. The lowest BCUT2D eigenvalue weighted by atomic mass is 10.1. The molecule has 5 heteroatoms. The van der Waals surface area contributed by atoms with Crippen LogP contribution < -0.4 is 14.2 Å². The summed E-state index contributed by atoms with van der Waals surface area (Å²) in [6, 6.07) is 10.3. The van der Waals surface area contributed by atoms with E-state index in [-0.39, 0.29) is 5.78 Å². The molecule has 0 saturated heterocycles. The van der Waals surface area contributed by atoms with E-state index in [1.807, 2.05) is 0 Å². The van der Waals surface area contributed by atoms with E-state index < -0.39 is 0 Å². The number of ketones is 1. The van der Waals surface area contributed by atoms with Crippen molar-refractivity contribution in [3.63, 3.8) is 0 Å². The highest BCUT2D eigenvalue weighted by molar-refractivity contribution is 6.30. The van der Waals surface area contributed by atoms with Crippen LogP contribution in [-0.2, 0) is 0 Å². The maximum Gasteiger partial charge on any atom is 0.203 e. The summed E-state index contributed by atoms with van der Waals surface area (Å²) < 4.78 is 15.8. The first-order valence-electron chi connectivity index (χ1n) is 6.87. The molecule has 0 N–H and O–H groups in total. The van der Waals surface area contributed by atoms with Crippen LogP contribution in [0.2, 0.25) is 5.02 Å². The number of carbonyl (C=O) groups is 1. The fourth-order valence-corrected chi connectivity index (χ4v) is 2.21. The van der Waals surface area contributed by atoms with Gasteiger partial charge in [-0.1, -0.05) is 17.7 Å². The topological polar surface area (TPSA) is 44.8 Å². The molecule has 2 aromatic carbocycles. The second kappa shape index (κ2) is 7.70. The third-order valence-electron chi connectivity index (χ3n) is 3.24. The Hall–Kier alpha value is -2.46. The summed E-state index contributed by atoms with van der Waals surface area (Å²) in [6.45, 7) is 0. The zero-order valence-electron chi connectivity index (χ0n) is 13.1. The first-order chi connectivity index (χ1) is 11.1. The Bertz CT molecular complexity index is 695. The molecule has 0 radical (unpaired) electrons. The molecule has 4 nitrogen and oxygen atoms in total. The predicted molar refractivity (Wildman–Crippen MR) is 90.9 cm³/mol. The third-order valence-corrected chi connectivity index (χ3v) is 3.49. The van der Waals surface area contributed by atoms with E-state index in [9.17, 15) is 4.79 Å². The van der Waals surface area contributed by atoms with Crippen LogP contribution >= 0.6 is 11.6 Å². The predicted octanol–water partition coefficient (Wildman–Crippen LogP) is 4.26. The van der Waals surface area contributed by atoms with Crippen LogP contribution in [0.3, 0.4) is 0 Å². The quantitative estimate of drug-likeness (QED) is 0.585. The molecule has 0 unspecified atom stereocenters. The SMILES string of the molecule is COc1cc(/C=C\C(=O)c2ccc(Cl)cc2)cc(OC)c1OC. The Kier molecular flexibility index (Phi) is 5.66. The van der Waals surface area contributed by atoms with Crippen molar-refractivity contribution in [1.29, 1.82) is 0 Å². The van der Waals surface area contributed by atoms with E-state index in [1.165, 1.54) is 6.08 Å². The monoisotopic (exact) mass is 332 g/mol.